The number of aliphatic hydroxyl groups is 1. The molecular formula is C21H33O5-. The highest BCUT2D eigenvalue weighted by molar-refractivity contribution is 6.25. The van der Waals surface area contributed by atoms with E-state index in [0.717, 1.165) is 0 Å². The van der Waals surface area contributed by atoms with Crippen LogP contribution in [0.1, 0.15) is 73.6 Å². The number of hydrogen-bond acceptors (Lipinski definition) is 5. The monoisotopic (exact) mass is 365 g/mol. The molecule has 0 aromatic heterocycles. The van der Waals surface area contributed by atoms with Gasteiger partial charge in [0, 0.05) is 24.4 Å². The maximum atomic E-state index is 13.5. The second-order valence-electron chi connectivity index (χ2n) is 8.72. The van der Waals surface area contributed by atoms with Crippen molar-refractivity contribution in [1.29, 1.82) is 0 Å². The van der Waals surface area contributed by atoms with E-state index < -0.39 is 40.2 Å². The van der Waals surface area contributed by atoms with E-state index in [1.54, 1.807) is 0 Å². The summed E-state index contributed by atoms with van der Waals surface area (Å²) >= 11 is 0. The summed E-state index contributed by atoms with van der Waals surface area (Å²) in [5.41, 5.74) is -2.94. The number of carbonyl (C=O) groups is 3. The highest BCUT2D eigenvalue weighted by atomic mass is 16.3. The summed E-state index contributed by atoms with van der Waals surface area (Å²) in [7, 11) is 0. The number of aliphatic hydroxyl groups excluding tert-OH is 1. The number of rotatable bonds is 10. The van der Waals surface area contributed by atoms with Gasteiger partial charge in [0.1, 0.15) is 11.5 Å². The lowest BCUT2D eigenvalue weighted by atomic mass is 9.79. The molecule has 1 N–H and O–H groups in total. The lowest BCUT2D eigenvalue weighted by Crippen LogP contribution is -2.57. The SMILES string of the molecule is CC(C)CCC(=O)C1([O-])C(O)=C(C(=O)CC(C)C)C(=O)C1CCC(C)C. The lowest BCUT2D eigenvalue weighted by molar-refractivity contribution is -0.458. The minimum atomic E-state index is -2.51. The second kappa shape index (κ2) is 8.94. The molecule has 0 bridgehead atoms. The first kappa shape index (κ1) is 22.6. The molecule has 2 atom stereocenters. The molecule has 5 nitrogen and oxygen atoms in total. The summed E-state index contributed by atoms with van der Waals surface area (Å²) < 4.78 is 0. The average molecular weight is 365 g/mol. The molecule has 0 spiro atoms. The summed E-state index contributed by atoms with van der Waals surface area (Å²) in [5.74, 6) is -3.43. The molecule has 0 saturated carbocycles. The van der Waals surface area contributed by atoms with Crippen molar-refractivity contribution in [3.63, 3.8) is 0 Å². The van der Waals surface area contributed by atoms with Crippen LogP contribution in [0, 0.1) is 23.7 Å². The molecule has 0 fully saturated rings. The molecule has 1 aliphatic rings. The number of carbonyl (C=O) groups excluding carboxylic acids is 3. The quantitative estimate of drug-likeness (QED) is 0.600. The summed E-state index contributed by atoms with van der Waals surface area (Å²) in [6.07, 6.45) is 1.36. The number of ketones is 3. The Kier molecular flexibility index (Phi) is 7.75. The van der Waals surface area contributed by atoms with Gasteiger partial charge in [0.05, 0.1) is 5.57 Å². The fourth-order valence-electron chi connectivity index (χ4n) is 3.33. The van der Waals surface area contributed by atoms with Gasteiger partial charge < -0.3 is 15.0 Å². The molecular weight excluding hydrogens is 332 g/mol. The van der Waals surface area contributed by atoms with Crippen molar-refractivity contribution in [2.45, 2.75) is 79.2 Å². The molecule has 0 aromatic rings. The standard InChI is InChI=1S/C21H33O5/c1-12(2)7-9-15-19(24)18(16(22)11-14(5)6)20(25)21(15,26)17(23)10-8-13(3)4/h12-15,25H,7-11H2,1-6H3/q-1. The molecule has 5 heteroatoms. The van der Waals surface area contributed by atoms with E-state index in [1.165, 1.54) is 0 Å². The van der Waals surface area contributed by atoms with Gasteiger partial charge in [0.2, 0.25) is 0 Å². The maximum absolute atomic E-state index is 13.5. The topological polar surface area (TPSA) is 94.5 Å². The smallest absolute Gasteiger partial charge is 0.172 e. The van der Waals surface area contributed by atoms with Crippen LogP contribution in [0.5, 0.6) is 0 Å². The van der Waals surface area contributed by atoms with Gasteiger partial charge in [-0.3, -0.25) is 9.59 Å². The Labute approximate surface area is 156 Å². The number of allylic oxidation sites excluding steroid dienone is 1. The first-order valence-electron chi connectivity index (χ1n) is 9.67. The van der Waals surface area contributed by atoms with Crippen molar-refractivity contribution in [2.24, 2.45) is 23.7 Å². The van der Waals surface area contributed by atoms with Crippen molar-refractivity contribution in [2.75, 3.05) is 0 Å². The van der Waals surface area contributed by atoms with Gasteiger partial charge in [-0.25, -0.2) is 0 Å². The Morgan fingerprint density at radius 2 is 1.58 bits per heavy atom. The van der Waals surface area contributed by atoms with Gasteiger partial charge >= 0.3 is 0 Å². The van der Waals surface area contributed by atoms with E-state index in [4.69, 9.17) is 0 Å². The minimum absolute atomic E-state index is 0.00232. The van der Waals surface area contributed by atoms with E-state index in [1.807, 2.05) is 41.5 Å². The van der Waals surface area contributed by atoms with Crippen LogP contribution in [-0.2, 0) is 14.4 Å². The predicted octanol–water partition coefficient (Wildman–Crippen LogP) is 3.15. The van der Waals surface area contributed by atoms with E-state index in [2.05, 4.69) is 0 Å². The van der Waals surface area contributed by atoms with Crippen LogP contribution in [0.2, 0.25) is 0 Å². The van der Waals surface area contributed by atoms with E-state index >= 15 is 0 Å². The average Bonchev–Trinajstić information content (AvgIpc) is 2.69. The van der Waals surface area contributed by atoms with Gasteiger partial charge in [0.15, 0.2) is 11.6 Å². The molecule has 0 aromatic carbocycles. The third kappa shape index (κ3) is 4.81. The van der Waals surface area contributed by atoms with Crippen molar-refractivity contribution >= 4 is 17.3 Å². The van der Waals surface area contributed by atoms with Crippen LogP contribution in [0.25, 0.3) is 0 Å². The van der Waals surface area contributed by atoms with Crippen LogP contribution in [-0.4, -0.2) is 28.1 Å². The molecule has 2 unspecified atom stereocenters. The lowest BCUT2D eigenvalue weighted by Gasteiger charge is -2.40. The third-order valence-corrected chi connectivity index (χ3v) is 4.91. The Morgan fingerprint density at radius 1 is 1.04 bits per heavy atom. The summed E-state index contributed by atoms with van der Waals surface area (Å²) in [4.78, 5) is 38.0. The Balaban J connectivity index is 3.27. The van der Waals surface area contributed by atoms with E-state index in [-0.39, 0.29) is 37.0 Å². The van der Waals surface area contributed by atoms with Gasteiger partial charge in [-0.15, -0.1) is 0 Å². The highest BCUT2D eigenvalue weighted by Gasteiger charge is 2.51. The molecule has 1 rings (SSSR count). The molecule has 1 aliphatic carbocycles. The molecule has 0 radical (unpaired) electrons. The maximum Gasteiger partial charge on any atom is 0.172 e. The third-order valence-electron chi connectivity index (χ3n) is 4.91. The fourth-order valence-corrected chi connectivity index (χ4v) is 3.33. The normalized spacial score (nSPS) is 23.6. The molecule has 148 valence electrons. The minimum Gasteiger partial charge on any atom is -0.838 e. The van der Waals surface area contributed by atoms with Crippen LogP contribution in [0.3, 0.4) is 0 Å². The molecule has 0 saturated heterocycles. The molecule has 26 heavy (non-hydrogen) atoms. The zero-order valence-electron chi connectivity index (χ0n) is 16.9. The first-order chi connectivity index (χ1) is 11.9. The molecule has 0 heterocycles. The van der Waals surface area contributed by atoms with Crippen molar-refractivity contribution < 1.29 is 24.6 Å². The van der Waals surface area contributed by atoms with Gasteiger partial charge in [0.25, 0.3) is 0 Å². The van der Waals surface area contributed by atoms with Gasteiger partial charge in [-0.05, 0) is 30.6 Å². The zero-order valence-corrected chi connectivity index (χ0v) is 16.9. The number of Topliss-reactive ketones (excluding diaryl/α,β-unsaturated/α-hetero) is 3. The van der Waals surface area contributed by atoms with Crippen LogP contribution >= 0.6 is 0 Å². The van der Waals surface area contributed by atoms with Crippen molar-refractivity contribution in [1.82, 2.24) is 0 Å². The van der Waals surface area contributed by atoms with Crippen LogP contribution in [0.15, 0.2) is 11.3 Å². The summed E-state index contributed by atoms with van der Waals surface area (Å²) in [6.45, 7) is 11.4. The zero-order chi connectivity index (χ0) is 20.2. The van der Waals surface area contributed by atoms with Crippen molar-refractivity contribution in [3.05, 3.63) is 11.3 Å². The van der Waals surface area contributed by atoms with Gasteiger partial charge in [-0.2, -0.15) is 0 Å². The molecule has 0 amide bonds. The summed E-state index contributed by atoms with van der Waals surface area (Å²) in [6, 6.07) is 0. The first-order valence-corrected chi connectivity index (χ1v) is 9.67. The van der Waals surface area contributed by atoms with E-state index in [9.17, 15) is 24.6 Å². The Morgan fingerprint density at radius 3 is 2.04 bits per heavy atom. The molecule has 0 aliphatic heterocycles. The summed E-state index contributed by atoms with van der Waals surface area (Å²) in [5, 5.41) is 24.0. The predicted molar refractivity (Wildman–Crippen MR) is 98.5 cm³/mol. The second-order valence-corrected chi connectivity index (χ2v) is 8.72. The highest BCUT2D eigenvalue weighted by Crippen LogP contribution is 2.40. The van der Waals surface area contributed by atoms with Crippen LogP contribution in [0.4, 0.5) is 0 Å². The fraction of sp³-hybridized carbons (Fsp3) is 0.762. The Hall–Kier alpha value is -1.49. The van der Waals surface area contributed by atoms with Gasteiger partial charge in [-0.1, -0.05) is 48.0 Å². The van der Waals surface area contributed by atoms with E-state index in [0.29, 0.717) is 12.8 Å². The largest absolute Gasteiger partial charge is 0.838 e. The number of hydrogen-bond donors (Lipinski definition) is 1. The van der Waals surface area contributed by atoms with Crippen LogP contribution < -0.4 is 5.11 Å². The van der Waals surface area contributed by atoms with Crippen molar-refractivity contribution in [3.8, 4) is 0 Å². The Bertz CT molecular complexity index is 585.